The van der Waals surface area contributed by atoms with Gasteiger partial charge in [0.15, 0.2) is 5.58 Å². The summed E-state index contributed by atoms with van der Waals surface area (Å²) in [5.41, 5.74) is 2.82. The van der Waals surface area contributed by atoms with E-state index in [1.54, 1.807) is 54.6 Å². The van der Waals surface area contributed by atoms with Crippen molar-refractivity contribution in [3.63, 3.8) is 0 Å². The standard InChI is InChI=1S/C21H13Cl3N2O3/c1-28-18-7-4-12(8-15(18)23)20(27)25-14-5-2-11(3-6-14)21-26-17-10-13(22)9-16(24)19(17)29-21/h2-10H,1H3,(H,25,27). The topological polar surface area (TPSA) is 64.4 Å². The summed E-state index contributed by atoms with van der Waals surface area (Å²) < 4.78 is 10.8. The molecule has 1 amide bonds. The van der Waals surface area contributed by atoms with E-state index in [2.05, 4.69) is 10.3 Å². The van der Waals surface area contributed by atoms with E-state index in [-0.39, 0.29) is 5.91 Å². The zero-order chi connectivity index (χ0) is 20.5. The van der Waals surface area contributed by atoms with E-state index in [1.807, 2.05) is 0 Å². The van der Waals surface area contributed by atoms with E-state index in [1.165, 1.54) is 7.11 Å². The highest BCUT2D eigenvalue weighted by Crippen LogP contribution is 2.32. The Labute approximate surface area is 181 Å². The van der Waals surface area contributed by atoms with Gasteiger partial charge in [-0.2, -0.15) is 0 Å². The number of halogens is 3. The zero-order valence-electron chi connectivity index (χ0n) is 15.0. The van der Waals surface area contributed by atoms with Gasteiger partial charge in [-0.1, -0.05) is 34.8 Å². The predicted molar refractivity (Wildman–Crippen MR) is 115 cm³/mol. The van der Waals surface area contributed by atoms with E-state index in [0.717, 1.165) is 5.56 Å². The van der Waals surface area contributed by atoms with Gasteiger partial charge in [0.2, 0.25) is 5.89 Å². The summed E-state index contributed by atoms with van der Waals surface area (Å²) in [6.45, 7) is 0. The van der Waals surface area contributed by atoms with Gasteiger partial charge in [-0.15, -0.1) is 0 Å². The van der Waals surface area contributed by atoms with Crippen LogP contribution < -0.4 is 10.1 Å². The van der Waals surface area contributed by atoms with Crippen molar-refractivity contribution < 1.29 is 13.9 Å². The molecule has 146 valence electrons. The lowest BCUT2D eigenvalue weighted by Gasteiger charge is -2.08. The number of nitrogens with zero attached hydrogens (tertiary/aromatic N) is 1. The first kappa shape index (κ1) is 19.6. The van der Waals surface area contributed by atoms with Crippen LogP contribution in [0.25, 0.3) is 22.6 Å². The Morgan fingerprint density at radius 1 is 1.00 bits per heavy atom. The fourth-order valence-electron chi connectivity index (χ4n) is 2.79. The molecule has 1 aromatic heterocycles. The fourth-order valence-corrected chi connectivity index (χ4v) is 3.57. The number of carbonyl (C=O) groups excluding carboxylic acids is 1. The van der Waals surface area contributed by atoms with Gasteiger partial charge in [0.25, 0.3) is 5.91 Å². The summed E-state index contributed by atoms with van der Waals surface area (Å²) in [5, 5.41) is 4.06. The number of aromatic nitrogens is 1. The summed E-state index contributed by atoms with van der Waals surface area (Å²) in [7, 11) is 1.52. The number of hydrogen-bond acceptors (Lipinski definition) is 4. The van der Waals surface area contributed by atoms with E-state index >= 15 is 0 Å². The second-order valence-electron chi connectivity index (χ2n) is 6.14. The minimum absolute atomic E-state index is 0.286. The third-order valence-electron chi connectivity index (χ3n) is 4.21. The normalized spacial score (nSPS) is 10.9. The molecule has 0 radical (unpaired) electrons. The molecule has 0 spiro atoms. The van der Waals surface area contributed by atoms with Crippen molar-refractivity contribution in [2.45, 2.75) is 0 Å². The highest BCUT2D eigenvalue weighted by Gasteiger charge is 2.13. The Hall–Kier alpha value is -2.73. The Kier molecular flexibility index (Phi) is 5.37. The summed E-state index contributed by atoms with van der Waals surface area (Å²) in [6.07, 6.45) is 0. The van der Waals surface area contributed by atoms with E-state index in [4.69, 9.17) is 44.0 Å². The molecule has 4 rings (SSSR count). The summed E-state index contributed by atoms with van der Waals surface area (Å²) in [5.74, 6) is 0.627. The monoisotopic (exact) mass is 446 g/mol. The Bertz CT molecular complexity index is 1220. The summed E-state index contributed by atoms with van der Waals surface area (Å²) in [4.78, 5) is 16.9. The molecule has 8 heteroatoms. The van der Waals surface area contributed by atoms with Crippen LogP contribution in [0, 0.1) is 0 Å². The predicted octanol–water partition coefficient (Wildman–Crippen LogP) is 6.72. The first-order valence-electron chi connectivity index (χ1n) is 8.45. The number of ether oxygens (including phenoxy) is 1. The van der Waals surface area contributed by atoms with E-state index < -0.39 is 0 Å². The van der Waals surface area contributed by atoms with Gasteiger partial charge < -0.3 is 14.5 Å². The molecule has 0 unspecified atom stereocenters. The number of carbonyl (C=O) groups is 1. The average molecular weight is 448 g/mol. The van der Waals surface area contributed by atoms with Gasteiger partial charge in [0, 0.05) is 21.8 Å². The van der Waals surface area contributed by atoms with Crippen LogP contribution in [0.2, 0.25) is 15.1 Å². The number of fused-ring (bicyclic) bond motifs is 1. The maximum atomic E-state index is 12.4. The number of benzene rings is 3. The van der Waals surface area contributed by atoms with Crippen LogP contribution in [0.4, 0.5) is 5.69 Å². The van der Waals surface area contributed by atoms with Crippen molar-refractivity contribution in [2.24, 2.45) is 0 Å². The minimum Gasteiger partial charge on any atom is -0.495 e. The Balaban J connectivity index is 1.54. The largest absolute Gasteiger partial charge is 0.495 e. The molecule has 0 saturated carbocycles. The van der Waals surface area contributed by atoms with Crippen molar-refractivity contribution >= 4 is 57.5 Å². The molecule has 5 nitrogen and oxygen atoms in total. The van der Waals surface area contributed by atoms with E-state index in [9.17, 15) is 4.79 Å². The second-order valence-corrected chi connectivity index (χ2v) is 7.39. The fraction of sp³-hybridized carbons (Fsp3) is 0.0476. The SMILES string of the molecule is COc1ccc(C(=O)Nc2ccc(-c3nc4cc(Cl)cc(Cl)c4o3)cc2)cc1Cl. The molecule has 1 heterocycles. The molecule has 0 aliphatic carbocycles. The quantitative estimate of drug-likeness (QED) is 0.377. The smallest absolute Gasteiger partial charge is 0.255 e. The first-order valence-corrected chi connectivity index (χ1v) is 9.59. The van der Waals surface area contributed by atoms with Crippen LogP contribution in [-0.2, 0) is 0 Å². The molecule has 0 aliphatic rings. The number of anilines is 1. The molecular formula is C21H13Cl3N2O3. The molecule has 0 fully saturated rings. The average Bonchev–Trinajstić information content (AvgIpc) is 3.13. The Morgan fingerprint density at radius 2 is 1.76 bits per heavy atom. The number of hydrogen-bond donors (Lipinski definition) is 1. The van der Waals surface area contributed by atoms with Crippen LogP contribution >= 0.6 is 34.8 Å². The molecule has 29 heavy (non-hydrogen) atoms. The summed E-state index contributed by atoms with van der Waals surface area (Å²) >= 11 is 18.2. The summed E-state index contributed by atoms with van der Waals surface area (Å²) in [6, 6.07) is 15.2. The van der Waals surface area contributed by atoms with Crippen LogP contribution in [0.5, 0.6) is 5.75 Å². The third kappa shape index (κ3) is 4.03. The van der Waals surface area contributed by atoms with E-state index in [0.29, 0.717) is 49.1 Å². The highest BCUT2D eigenvalue weighted by molar-refractivity contribution is 6.38. The lowest BCUT2D eigenvalue weighted by Crippen LogP contribution is -2.11. The lowest BCUT2D eigenvalue weighted by atomic mass is 10.1. The number of amides is 1. The molecule has 3 aromatic carbocycles. The van der Waals surface area contributed by atoms with Crippen molar-refractivity contribution in [1.82, 2.24) is 4.98 Å². The van der Waals surface area contributed by atoms with Crippen LogP contribution in [-0.4, -0.2) is 18.0 Å². The van der Waals surface area contributed by atoms with Gasteiger partial charge in [0.1, 0.15) is 11.3 Å². The maximum Gasteiger partial charge on any atom is 0.255 e. The van der Waals surface area contributed by atoms with Gasteiger partial charge in [-0.25, -0.2) is 4.98 Å². The van der Waals surface area contributed by atoms with Gasteiger partial charge in [-0.05, 0) is 54.6 Å². The van der Waals surface area contributed by atoms with Gasteiger partial charge in [-0.3, -0.25) is 4.79 Å². The molecule has 0 atom stereocenters. The van der Waals surface area contributed by atoms with Crippen LogP contribution in [0.3, 0.4) is 0 Å². The van der Waals surface area contributed by atoms with Gasteiger partial charge in [0.05, 0.1) is 17.2 Å². The zero-order valence-corrected chi connectivity index (χ0v) is 17.3. The first-order chi connectivity index (χ1) is 13.9. The Morgan fingerprint density at radius 3 is 2.45 bits per heavy atom. The lowest BCUT2D eigenvalue weighted by molar-refractivity contribution is 0.102. The number of rotatable bonds is 4. The molecule has 0 saturated heterocycles. The minimum atomic E-state index is -0.286. The van der Waals surface area contributed by atoms with Crippen molar-refractivity contribution in [2.75, 3.05) is 12.4 Å². The van der Waals surface area contributed by atoms with Gasteiger partial charge >= 0.3 is 0 Å². The van der Waals surface area contributed by atoms with Crippen molar-refractivity contribution in [3.8, 4) is 17.2 Å². The third-order valence-corrected chi connectivity index (χ3v) is 5.01. The second kappa shape index (κ2) is 7.95. The molecule has 4 aromatic rings. The number of methoxy groups -OCH3 is 1. The van der Waals surface area contributed by atoms with Crippen LogP contribution in [0.1, 0.15) is 10.4 Å². The number of nitrogens with one attached hydrogen (secondary N) is 1. The highest BCUT2D eigenvalue weighted by atomic mass is 35.5. The molecule has 0 bridgehead atoms. The maximum absolute atomic E-state index is 12.4. The molecular weight excluding hydrogens is 435 g/mol. The van der Waals surface area contributed by atoms with Crippen LogP contribution in [0.15, 0.2) is 59.0 Å². The van der Waals surface area contributed by atoms with Crippen molar-refractivity contribution in [3.05, 3.63) is 75.2 Å². The number of oxazole rings is 1. The van der Waals surface area contributed by atoms with Crippen molar-refractivity contribution in [1.29, 1.82) is 0 Å². The molecule has 0 aliphatic heterocycles. The molecule has 1 N–H and O–H groups in total.